The Morgan fingerprint density at radius 1 is 0.784 bits per heavy atom. The van der Waals surface area contributed by atoms with E-state index >= 15 is 0 Å². The van der Waals surface area contributed by atoms with E-state index in [0.29, 0.717) is 92.7 Å². The molecule has 0 bridgehead atoms. The Hall–Kier alpha value is -6.02. The molecule has 2 fully saturated rings. The third-order valence-electron chi connectivity index (χ3n) is 12.8. The third kappa shape index (κ3) is 14.2. The zero-order chi connectivity index (χ0) is 53.3. The van der Waals surface area contributed by atoms with Crippen LogP contribution in [0.2, 0.25) is 10.0 Å². The van der Waals surface area contributed by atoms with Crippen LogP contribution < -0.4 is 20.1 Å². The number of aromatic nitrogens is 2. The topological polar surface area (TPSA) is 269 Å². The molecule has 0 spiro atoms. The van der Waals surface area contributed by atoms with Crippen molar-refractivity contribution in [1.29, 1.82) is 0 Å². The smallest absolute Gasteiger partial charge is 0.317 e. The predicted molar refractivity (Wildman–Crippen MR) is 276 cm³/mol. The number of methoxy groups -OCH3 is 1. The minimum Gasteiger partial charge on any atom is -0.496 e. The summed E-state index contributed by atoms with van der Waals surface area (Å²) in [6, 6.07) is 14.3. The van der Waals surface area contributed by atoms with Gasteiger partial charge in [0.05, 0.1) is 63.4 Å². The molecule has 0 aliphatic carbocycles. The van der Waals surface area contributed by atoms with E-state index < -0.39 is 41.3 Å². The zero-order valence-corrected chi connectivity index (χ0v) is 43.4. The normalized spacial score (nSPS) is 17.4. The number of rotatable bonds is 17. The molecule has 3 aliphatic rings. The number of hydrogen-bond acceptors (Lipinski definition) is 16. The van der Waals surface area contributed by atoms with E-state index in [1.54, 1.807) is 71.6 Å². The summed E-state index contributed by atoms with van der Waals surface area (Å²) < 4.78 is 29.5. The lowest BCUT2D eigenvalue weighted by atomic mass is 9.95. The molecule has 4 aromatic rings. The first-order chi connectivity index (χ1) is 35.3. The summed E-state index contributed by atoms with van der Waals surface area (Å²) in [5, 5.41) is 39.9. The van der Waals surface area contributed by atoms with Gasteiger partial charge >= 0.3 is 17.9 Å². The Labute approximate surface area is 441 Å². The van der Waals surface area contributed by atoms with Crippen molar-refractivity contribution < 1.29 is 62.9 Å². The van der Waals surface area contributed by atoms with Crippen molar-refractivity contribution in [2.75, 3.05) is 116 Å². The number of hydrogen-bond donors (Lipinski definition) is 6. The first-order valence-electron chi connectivity index (χ1n) is 23.7. The average Bonchev–Trinajstić information content (AvgIpc) is 3.73. The summed E-state index contributed by atoms with van der Waals surface area (Å²) in [5.74, 6) is -4.10. The van der Waals surface area contributed by atoms with Gasteiger partial charge in [0.15, 0.2) is 5.69 Å². The Morgan fingerprint density at radius 3 is 1.91 bits per heavy atom. The highest BCUT2D eigenvalue weighted by Gasteiger charge is 2.39. The number of amides is 3. The zero-order valence-electron chi connectivity index (χ0n) is 41.1. The standard InChI is InChI=1S/C49H59Cl2N9O13S/c1-49(2)29-72-16-15-59(49)48(69)45-37-27-73-40-22-39(71-3)35(21-36(40)46(37)60(54-45)34-19-31(50)18-32(51)20-34)30-5-4-6-33(17-30)52-47(68)38(28-74-70)53-41(61)23-55-7-9-56(24-42(62)63)11-13-58(26-44(66)67)14-12-57(10-8-55)25-43(64)65/h4-6,17-22,38,70H,7-16,23-29H2,1-3H3,(H,52,68)(H,53,61)(H,62,63)(H,64,65)(H,66,67). The number of ether oxygens (including phenoxy) is 3. The van der Waals surface area contributed by atoms with Crippen molar-refractivity contribution in [2.24, 2.45) is 0 Å². The van der Waals surface area contributed by atoms with E-state index in [1.807, 2.05) is 26.0 Å². The second-order valence-electron chi connectivity index (χ2n) is 18.6. The Kier molecular flexibility index (Phi) is 18.8. The van der Waals surface area contributed by atoms with E-state index in [4.69, 9.17) is 42.5 Å². The number of carboxylic acid groups (broad SMARTS) is 3. The number of carbonyl (C=O) groups excluding carboxylic acids is 3. The lowest BCUT2D eigenvalue weighted by Gasteiger charge is -2.41. The average molecular weight is 1090 g/mol. The van der Waals surface area contributed by atoms with E-state index in [9.17, 15) is 48.6 Å². The number of anilines is 1. The molecule has 6 N–H and O–H groups in total. The molecule has 4 heterocycles. The number of nitrogens with zero attached hydrogens (tertiary/aromatic N) is 7. The van der Waals surface area contributed by atoms with Crippen LogP contribution in [-0.4, -0.2) is 213 Å². The number of carbonyl (C=O) groups is 6. The highest BCUT2D eigenvalue weighted by atomic mass is 35.5. The summed E-state index contributed by atoms with van der Waals surface area (Å²) in [4.78, 5) is 85.6. The fourth-order valence-corrected chi connectivity index (χ4v) is 10.0. The number of morpholine rings is 1. The molecule has 0 radical (unpaired) electrons. The SMILES string of the molecule is COc1cc2c(cc1-c1cccc(NC(=O)C(CSO)NC(=O)CN3CCN(CC(=O)O)CCN(CC(=O)O)CCN(CC(=O)O)CC3)c1)-c1c(c(C(=O)N3CCOCC3(C)C)nn1-c1cc(Cl)cc(Cl)c1)CO2. The summed E-state index contributed by atoms with van der Waals surface area (Å²) >= 11 is 13.4. The first kappa shape index (κ1) is 55.7. The molecule has 398 valence electrons. The second-order valence-corrected chi connectivity index (χ2v) is 20.1. The van der Waals surface area contributed by atoms with E-state index in [2.05, 4.69) is 10.6 Å². The van der Waals surface area contributed by atoms with Crippen LogP contribution in [0.4, 0.5) is 5.69 Å². The minimum atomic E-state index is -1.23. The maximum atomic E-state index is 14.4. The fourth-order valence-electron chi connectivity index (χ4n) is 9.14. The van der Waals surface area contributed by atoms with Gasteiger partial charge in [-0.25, -0.2) is 4.68 Å². The van der Waals surface area contributed by atoms with Crippen LogP contribution in [0.3, 0.4) is 0 Å². The molecule has 2 saturated heterocycles. The van der Waals surface area contributed by atoms with Gasteiger partial charge in [-0.2, -0.15) is 5.10 Å². The van der Waals surface area contributed by atoms with Crippen LogP contribution in [0.1, 0.15) is 29.9 Å². The van der Waals surface area contributed by atoms with Crippen LogP contribution in [0.5, 0.6) is 11.5 Å². The molecule has 3 aromatic carbocycles. The highest BCUT2D eigenvalue weighted by molar-refractivity contribution is 7.93. The largest absolute Gasteiger partial charge is 0.496 e. The van der Waals surface area contributed by atoms with Gasteiger partial charge < -0.3 is 49.6 Å². The van der Waals surface area contributed by atoms with Crippen molar-refractivity contribution in [1.82, 2.24) is 39.6 Å². The summed E-state index contributed by atoms with van der Waals surface area (Å²) in [5.41, 5.74) is 3.30. The maximum Gasteiger partial charge on any atom is 0.317 e. The molecular formula is C49H59Cl2N9O13S. The maximum absolute atomic E-state index is 14.4. The Morgan fingerprint density at radius 2 is 1.36 bits per heavy atom. The second kappa shape index (κ2) is 25.0. The fraction of sp³-hybridized carbons (Fsp3) is 0.449. The van der Waals surface area contributed by atoms with Crippen molar-refractivity contribution in [2.45, 2.75) is 32.0 Å². The van der Waals surface area contributed by atoms with E-state index in [-0.39, 0.29) is 102 Å². The lowest BCUT2D eigenvalue weighted by Crippen LogP contribution is -2.55. The number of benzene rings is 3. The van der Waals surface area contributed by atoms with E-state index in [0.717, 1.165) is 0 Å². The van der Waals surface area contributed by atoms with Crippen LogP contribution >= 0.6 is 35.2 Å². The molecule has 0 saturated carbocycles. The monoisotopic (exact) mass is 1080 g/mol. The van der Waals surface area contributed by atoms with Gasteiger partial charge in [0, 0.05) is 103 Å². The molecule has 3 aliphatic heterocycles. The number of carboxylic acids is 3. The Balaban J connectivity index is 1.12. The van der Waals surface area contributed by atoms with E-state index in [1.165, 1.54) is 7.11 Å². The number of fused-ring (bicyclic) bond motifs is 3. The van der Waals surface area contributed by atoms with Gasteiger partial charge in [0.1, 0.15) is 24.1 Å². The number of halogens is 2. The van der Waals surface area contributed by atoms with Crippen LogP contribution in [0, 0.1) is 0 Å². The third-order valence-corrected chi connectivity index (χ3v) is 13.7. The van der Waals surface area contributed by atoms with Crippen LogP contribution in [0.25, 0.3) is 28.1 Å². The minimum absolute atomic E-state index is 0.0156. The predicted octanol–water partition coefficient (Wildman–Crippen LogP) is 3.77. The van der Waals surface area contributed by atoms with Crippen molar-refractivity contribution in [3.8, 4) is 39.6 Å². The molecule has 25 heteroatoms. The first-order valence-corrected chi connectivity index (χ1v) is 25.4. The van der Waals surface area contributed by atoms with Crippen molar-refractivity contribution in [3.05, 3.63) is 75.9 Å². The lowest BCUT2D eigenvalue weighted by molar-refractivity contribution is -0.140. The molecule has 3 amide bonds. The molecule has 22 nitrogen and oxygen atoms in total. The van der Waals surface area contributed by atoms with Crippen molar-refractivity contribution >= 4 is 76.6 Å². The van der Waals surface area contributed by atoms with Crippen LogP contribution in [0.15, 0.2) is 54.6 Å². The van der Waals surface area contributed by atoms with Gasteiger partial charge in [-0.3, -0.25) is 48.4 Å². The number of nitrogens with one attached hydrogen (secondary N) is 2. The number of aliphatic carboxylic acids is 3. The summed E-state index contributed by atoms with van der Waals surface area (Å²) in [6.07, 6.45) is 0. The molecule has 7 rings (SSSR count). The Bertz CT molecular complexity index is 2690. The molecule has 1 unspecified atom stereocenters. The summed E-state index contributed by atoms with van der Waals surface area (Å²) in [7, 11) is 1.51. The van der Waals surface area contributed by atoms with Gasteiger partial charge in [-0.1, -0.05) is 35.3 Å². The molecule has 74 heavy (non-hydrogen) atoms. The van der Waals surface area contributed by atoms with Gasteiger partial charge in [0.25, 0.3) is 5.91 Å². The van der Waals surface area contributed by atoms with Crippen LogP contribution in [-0.2, 0) is 35.3 Å². The van der Waals surface area contributed by atoms with Gasteiger partial charge in [0.2, 0.25) is 11.8 Å². The molecule has 1 atom stereocenters. The van der Waals surface area contributed by atoms with Crippen molar-refractivity contribution in [3.63, 3.8) is 0 Å². The molecular weight excluding hydrogens is 1030 g/mol. The van der Waals surface area contributed by atoms with Gasteiger partial charge in [-0.05, 0) is 67.9 Å². The molecule has 1 aromatic heterocycles. The highest BCUT2D eigenvalue weighted by Crippen LogP contribution is 2.47. The van der Waals surface area contributed by atoms with Gasteiger partial charge in [-0.15, -0.1) is 0 Å². The summed E-state index contributed by atoms with van der Waals surface area (Å²) in [6.45, 7) is 5.29. The quantitative estimate of drug-likeness (QED) is 0.0822.